The van der Waals surface area contributed by atoms with Gasteiger partial charge in [-0.15, -0.1) is 0 Å². The van der Waals surface area contributed by atoms with Gasteiger partial charge in [0.05, 0.1) is 6.61 Å². The topological polar surface area (TPSA) is 21.3 Å². The first kappa shape index (κ1) is 11.6. The molecular formula is C14H21NO. The molecule has 0 aromatic heterocycles. The van der Waals surface area contributed by atoms with Crippen LogP contribution in [0.25, 0.3) is 0 Å². The predicted octanol–water partition coefficient (Wildman–Crippen LogP) is 2.82. The van der Waals surface area contributed by atoms with Gasteiger partial charge in [-0.25, -0.2) is 0 Å². The standard InChI is InChI=1S/C14H21NO/c1-3-14(15-13-8-9-16-10-13)12-6-4-11(2)5-7-12/h4-7,13-15H,3,8-10H2,1-2H3. The summed E-state index contributed by atoms with van der Waals surface area (Å²) >= 11 is 0. The summed E-state index contributed by atoms with van der Waals surface area (Å²) in [6.45, 7) is 6.13. The van der Waals surface area contributed by atoms with Gasteiger partial charge >= 0.3 is 0 Å². The van der Waals surface area contributed by atoms with E-state index in [0.717, 1.165) is 26.1 Å². The molecule has 2 unspecified atom stereocenters. The van der Waals surface area contributed by atoms with E-state index in [-0.39, 0.29) is 0 Å². The van der Waals surface area contributed by atoms with Crippen LogP contribution in [0, 0.1) is 6.92 Å². The number of hydrogen-bond donors (Lipinski definition) is 1. The first-order valence-electron chi connectivity index (χ1n) is 6.20. The molecule has 0 spiro atoms. The zero-order chi connectivity index (χ0) is 11.4. The number of ether oxygens (including phenoxy) is 1. The first-order valence-corrected chi connectivity index (χ1v) is 6.20. The monoisotopic (exact) mass is 219 g/mol. The maximum absolute atomic E-state index is 5.39. The van der Waals surface area contributed by atoms with E-state index >= 15 is 0 Å². The molecule has 2 nitrogen and oxygen atoms in total. The van der Waals surface area contributed by atoms with Gasteiger partial charge in [-0.2, -0.15) is 0 Å². The Balaban J connectivity index is 2.00. The van der Waals surface area contributed by atoms with Crippen molar-refractivity contribution in [3.8, 4) is 0 Å². The Labute approximate surface area is 98.0 Å². The van der Waals surface area contributed by atoms with Crippen molar-refractivity contribution in [3.05, 3.63) is 35.4 Å². The van der Waals surface area contributed by atoms with E-state index in [1.54, 1.807) is 0 Å². The Morgan fingerprint density at radius 3 is 2.69 bits per heavy atom. The minimum absolute atomic E-state index is 0.465. The fourth-order valence-electron chi connectivity index (χ4n) is 2.20. The molecule has 1 aromatic carbocycles. The Bertz CT molecular complexity index is 314. The lowest BCUT2D eigenvalue weighted by Crippen LogP contribution is -2.32. The highest BCUT2D eigenvalue weighted by molar-refractivity contribution is 5.24. The van der Waals surface area contributed by atoms with Gasteiger partial charge < -0.3 is 10.1 Å². The molecule has 1 aromatic rings. The Hall–Kier alpha value is -0.860. The van der Waals surface area contributed by atoms with Crippen LogP contribution in [-0.4, -0.2) is 19.3 Å². The molecule has 1 aliphatic heterocycles. The Kier molecular flexibility index (Phi) is 3.97. The molecule has 0 aliphatic carbocycles. The molecular weight excluding hydrogens is 198 g/mol. The van der Waals surface area contributed by atoms with Crippen molar-refractivity contribution in [1.82, 2.24) is 5.32 Å². The predicted molar refractivity (Wildman–Crippen MR) is 66.6 cm³/mol. The summed E-state index contributed by atoms with van der Waals surface area (Å²) in [4.78, 5) is 0. The molecule has 0 amide bonds. The third kappa shape index (κ3) is 2.83. The van der Waals surface area contributed by atoms with Crippen molar-refractivity contribution in [2.45, 2.75) is 38.8 Å². The van der Waals surface area contributed by atoms with Crippen LogP contribution < -0.4 is 5.32 Å². The maximum Gasteiger partial charge on any atom is 0.0620 e. The molecule has 0 radical (unpaired) electrons. The third-order valence-electron chi connectivity index (χ3n) is 3.25. The molecule has 1 heterocycles. The largest absolute Gasteiger partial charge is 0.380 e. The van der Waals surface area contributed by atoms with E-state index in [9.17, 15) is 0 Å². The summed E-state index contributed by atoms with van der Waals surface area (Å²) < 4.78 is 5.39. The quantitative estimate of drug-likeness (QED) is 0.840. The van der Waals surface area contributed by atoms with Crippen molar-refractivity contribution in [3.63, 3.8) is 0 Å². The normalized spacial score (nSPS) is 22.2. The van der Waals surface area contributed by atoms with Crippen molar-refractivity contribution in [2.24, 2.45) is 0 Å². The van der Waals surface area contributed by atoms with Crippen molar-refractivity contribution in [1.29, 1.82) is 0 Å². The maximum atomic E-state index is 5.39. The zero-order valence-electron chi connectivity index (χ0n) is 10.2. The summed E-state index contributed by atoms with van der Waals surface area (Å²) in [6, 6.07) is 9.83. The lowest BCUT2D eigenvalue weighted by atomic mass is 10.0. The summed E-state index contributed by atoms with van der Waals surface area (Å²) in [7, 11) is 0. The van der Waals surface area contributed by atoms with Gasteiger partial charge in [-0.05, 0) is 25.3 Å². The van der Waals surface area contributed by atoms with Gasteiger partial charge in [-0.3, -0.25) is 0 Å². The van der Waals surface area contributed by atoms with E-state index < -0.39 is 0 Å². The highest BCUT2D eigenvalue weighted by Gasteiger charge is 2.19. The minimum atomic E-state index is 0.465. The molecule has 1 aliphatic rings. The van der Waals surface area contributed by atoms with Gasteiger partial charge in [0.25, 0.3) is 0 Å². The van der Waals surface area contributed by atoms with Crippen LogP contribution >= 0.6 is 0 Å². The smallest absolute Gasteiger partial charge is 0.0620 e. The molecule has 1 saturated heterocycles. The second-order valence-corrected chi connectivity index (χ2v) is 4.60. The van der Waals surface area contributed by atoms with Crippen molar-refractivity contribution >= 4 is 0 Å². The fourth-order valence-corrected chi connectivity index (χ4v) is 2.20. The van der Waals surface area contributed by atoms with E-state index in [1.807, 2.05) is 0 Å². The van der Waals surface area contributed by atoms with Gasteiger partial charge in [0.15, 0.2) is 0 Å². The molecule has 0 bridgehead atoms. The summed E-state index contributed by atoms with van der Waals surface area (Å²) in [5.74, 6) is 0. The average molecular weight is 219 g/mol. The van der Waals surface area contributed by atoms with Crippen LogP contribution in [-0.2, 0) is 4.74 Å². The number of hydrogen-bond acceptors (Lipinski definition) is 2. The second kappa shape index (κ2) is 5.46. The molecule has 0 saturated carbocycles. The Morgan fingerprint density at radius 1 is 1.38 bits per heavy atom. The van der Waals surface area contributed by atoms with Gasteiger partial charge in [0.2, 0.25) is 0 Å². The number of benzene rings is 1. The number of rotatable bonds is 4. The molecule has 16 heavy (non-hydrogen) atoms. The van der Waals surface area contributed by atoms with Crippen LogP contribution in [0.5, 0.6) is 0 Å². The molecule has 1 fully saturated rings. The zero-order valence-corrected chi connectivity index (χ0v) is 10.2. The second-order valence-electron chi connectivity index (χ2n) is 4.60. The summed E-state index contributed by atoms with van der Waals surface area (Å²) in [6.07, 6.45) is 2.27. The van der Waals surface area contributed by atoms with E-state index in [1.165, 1.54) is 11.1 Å². The van der Waals surface area contributed by atoms with Gasteiger partial charge in [-0.1, -0.05) is 36.8 Å². The first-order chi connectivity index (χ1) is 7.79. The van der Waals surface area contributed by atoms with Crippen molar-refractivity contribution < 1.29 is 4.74 Å². The van der Waals surface area contributed by atoms with Gasteiger partial charge in [0, 0.05) is 18.7 Å². The van der Waals surface area contributed by atoms with E-state index in [4.69, 9.17) is 4.74 Å². The van der Waals surface area contributed by atoms with Gasteiger partial charge in [0.1, 0.15) is 0 Å². The van der Waals surface area contributed by atoms with Crippen LogP contribution in [0.15, 0.2) is 24.3 Å². The van der Waals surface area contributed by atoms with E-state index in [2.05, 4.69) is 43.4 Å². The third-order valence-corrected chi connectivity index (χ3v) is 3.25. The highest BCUT2D eigenvalue weighted by atomic mass is 16.5. The molecule has 2 heteroatoms. The van der Waals surface area contributed by atoms with Crippen LogP contribution in [0.3, 0.4) is 0 Å². The molecule has 1 N–H and O–H groups in total. The lowest BCUT2D eigenvalue weighted by molar-refractivity contribution is 0.187. The Morgan fingerprint density at radius 2 is 2.12 bits per heavy atom. The summed E-state index contributed by atoms with van der Waals surface area (Å²) in [5.41, 5.74) is 2.71. The average Bonchev–Trinajstić information content (AvgIpc) is 2.80. The fraction of sp³-hybridized carbons (Fsp3) is 0.571. The summed E-state index contributed by atoms with van der Waals surface area (Å²) in [5, 5.41) is 3.68. The number of nitrogens with one attached hydrogen (secondary N) is 1. The molecule has 88 valence electrons. The SMILES string of the molecule is CCC(NC1CCOC1)c1ccc(C)cc1. The number of aryl methyl sites for hydroxylation is 1. The molecule has 2 rings (SSSR count). The van der Waals surface area contributed by atoms with E-state index in [0.29, 0.717) is 12.1 Å². The molecule has 2 atom stereocenters. The highest BCUT2D eigenvalue weighted by Crippen LogP contribution is 2.19. The minimum Gasteiger partial charge on any atom is -0.380 e. The van der Waals surface area contributed by atoms with Crippen molar-refractivity contribution in [2.75, 3.05) is 13.2 Å². The lowest BCUT2D eigenvalue weighted by Gasteiger charge is -2.21. The van der Waals surface area contributed by atoms with Crippen LogP contribution in [0.4, 0.5) is 0 Å². The van der Waals surface area contributed by atoms with Crippen LogP contribution in [0.1, 0.15) is 36.9 Å². The van der Waals surface area contributed by atoms with Crippen LogP contribution in [0.2, 0.25) is 0 Å².